The fraction of sp³-hybridized carbons (Fsp3) is 0.353. The molecule has 0 aliphatic carbocycles. The van der Waals surface area contributed by atoms with Gasteiger partial charge in [-0.25, -0.2) is 9.18 Å². The molecular formula is C17H19FN2O4. The molecule has 0 saturated carbocycles. The first kappa shape index (κ1) is 17.7. The number of allylic oxidation sites excluding steroid dienone is 1. The Hall–Kier alpha value is -2.70. The van der Waals surface area contributed by atoms with Gasteiger partial charge in [-0.1, -0.05) is 13.0 Å². The van der Waals surface area contributed by atoms with E-state index in [9.17, 15) is 18.8 Å². The fourth-order valence-corrected chi connectivity index (χ4v) is 2.99. The normalized spacial score (nSPS) is 20.3. The molecule has 1 aromatic carbocycles. The van der Waals surface area contributed by atoms with Crippen molar-refractivity contribution in [2.45, 2.75) is 26.8 Å². The van der Waals surface area contributed by atoms with Gasteiger partial charge in [-0.05, 0) is 31.5 Å². The highest BCUT2D eigenvalue weighted by molar-refractivity contribution is 6.35. The third kappa shape index (κ3) is 3.02. The van der Waals surface area contributed by atoms with E-state index >= 15 is 0 Å². The lowest BCUT2D eigenvalue weighted by Crippen LogP contribution is -2.41. The van der Waals surface area contributed by atoms with Crippen molar-refractivity contribution in [2.75, 3.05) is 12.4 Å². The van der Waals surface area contributed by atoms with Crippen molar-refractivity contribution >= 4 is 23.3 Å². The van der Waals surface area contributed by atoms with E-state index in [0.717, 1.165) is 0 Å². The van der Waals surface area contributed by atoms with Crippen LogP contribution in [0.4, 0.5) is 10.1 Å². The van der Waals surface area contributed by atoms with Crippen LogP contribution in [0.25, 0.3) is 0 Å². The zero-order chi connectivity index (χ0) is 18.2. The number of carbonyl (C=O) groups is 3. The van der Waals surface area contributed by atoms with E-state index in [2.05, 4.69) is 5.32 Å². The zero-order valence-corrected chi connectivity index (χ0v) is 13.9. The van der Waals surface area contributed by atoms with Crippen molar-refractivity contribution in [3.8, 4) is 0 Å². The van der Waals surface area contributed by atoms with Gasteiger partial charge in [0, 0.05) is 29.9 Å². The van der Waals surface area contributed by atoms with Crippen LogP contribution < -0.4 is 5.32 Å². The lowest BCUT2D eigenvalue weighted by molar-refractivity contribution is -0.151. The minimum Gasteiger partial charge on any atom is -0.475 e. The predicted molar refractivity (Wildman–Crippen MR) is 85.8 cm³/mol. The molecule has 0 fully saturated rings. The second kappa shape index (κ2) is 6.43. The third-order valence-corrected chi connectivity index (χ3v) is 4.42. The van der Waals surface area contributed by atoms with E-state index in [4.69, 9.17) is 5.11 Å². The number of carboxylic acids is 1. The summed E-state index contributed by atoms with van der Waals surface area (Å²) in [5.74, 6) is -4.00. The highest BCUT2D eigenvalue weighted by Gasteiger charge is 2.43. The maximum atomic E-state index is 13.6. The number of hydrogen-bond acceptors (Lipinski definition) is 4. The highest BCUT2D eigenvalue weighted by atomic mass is 19.1. The second-order valence-electron chi connectivity index (χ2n) is 5.93. The van der Waals surface area contributed by atoms with Gasteiger partial charge in [-0.3, -0.25) is 9.59 Å². The number of likely N-dealkylation sites (N-methyl/N-ethyl adjacent to an activating group) is 1. The summed E-state index contributed by atoms with van der Waals surface area (Å²) < 4.78 is 13.6. The van der Waals surface area contributed by atoms with E-state index in [1.165, 1.54) is 11.0 Å². The number of anilines is 1. The Kier molecular flexibility index (Phi) is 4.73. The number of aryl methyl sites for hydroxylation is 1. The lowest BCUT2D eigenvalue weighted by atomic mass is 9.92. The number of benzene rings is 1. The number of hydrogen-bond donors (Lipinski definition) is 2. The van der Waals surface area contributed by atoms with Gasteiger partial charge in [0.25, 0.3) is 11.7 Å². The van der Waals surface area contributed by atoms with Crippen LogP contribution in [-0.4, -0.2) is 40.8 Å². The highest BCUT2D eigenvalue weighted by Crippen LogP contribution is 2.34. The average molecular weight is 334 g/mol. The van der Waals surface area contributed by atoms with Gasteiger partial charge in [0.05, 0.1) is 0 Å². The van der Waals surface area contributed by atoms with E-state index in [1.807, 2.05) is 0 Å². The fourth-order valence-electron chi connectivity index (χ4n) is 2.99. The quantitative estimate of drug-likeness (QED) is 0.822. The van der Waals surface area contributed by atoms with Crippen LogP contribution in [0.15, 0.2) is 29.5 Å². The molecule has 2 atom stereocenters. The van der Waals surface area contributed by atoms with Gasteiger partial charge in [-0.15, -0.1) is 0 Å². The Morgan fingerprint density at radius 3 is 2.42 bits per heavy atom. The van der Waals surface area contributed by atoms with E-state index in [0.29, 0.717) is 22.5 Å². The molecule has 6 nitrogen and oxygen atoms in total. The summed E-state index contributed by atoms with van der Waals surface area (Å²) in [5.41, 5.74) is 1.60. The van der Waals surface area contributed by atoms with Crippen LogP contribution in [0.3, 0.4) is 0 Å². The molecule has 1 aliphatic heterocycles. The molecule has 24 heavy (non-hydrogen) atoms. The monoisotopic (exact) mass is 334 g/mol. The van der Waals surface area contributed by atoms with Crippen molar-refractivity contribution in [1.29, 1.82) is 0 Å². The Labute approximate surface area is 139 Å². The van der Waals surface area contributed by atoms with Crippen LogP contribution in [0.1, 0.15) is 19.4 Å². The number of aliphatic carboxylic acids is 1. The first-order chi connectivity index (χ1) is 11.1. The number of ketones is 1. The SMILES string of the molecule is CC1=C(C(=O)Nc2ccc(C)c(F)c2)C(C)C(C(=O)C(=O)O)N1C. The number of halogens is 1. The molecule has 128 valence electrons. The van der Waals surface area contributed by atoms with Crippen LogP contribution in [0, 0.1) is 18.7 Å². The summed E-state index contributed by atoms with van der Waals surface area (Å²) in [6.07, 6.45) is 0. The summed E-state index contributed by atoms with van der Waals surface area (Å²) in [7, 11) is 1.57. The Bertz CT molecular complexity index is 757. The Morgan fingerprint density at radius 2 is 1.88 bits per heavy atom. The van der Waals surface area contributed by atoms with E-state index in [-0.39, 0.29) is 0 Å². The maximum Gasteiger partial charge on any atom is 0.374 e. The Morgan fingerprint density at radius 1 is 1.25 bits per heavy atom. The molecule has 2 rings (SSSR count). The van der Waals surface area contributed by atoms with Gasteiger partial charge >= 0.3 is 5.97 Å². The average Bonchev–Trinajstić information content (AvgIpc) is 2.72. The summed E-state index contributed by atoms with van der Waals surface area (Å²) in [6.45, 7) is 4.89. The topological polar surface area (TPSA) is 86.7 Å². The van der Waals surface area contributed by atoms with Gasteiger partial charge in [0.15, 0.2) is 0 Å². The summed E-state index contributed by atoms with van der Waals surface area (Å²) in [5, 5.41) is 11.5. The minimum absolute atomic E-state index is 0.297. The van der Waals surface area contributed by atoms with Gasteiger partial charge in [0.2, 0.25) is 0 Å². The Balaban J connectivity index is 2.26. The smallest absolute Gasteiger partial charge is 0.374 e. The lowest BCUT2D eigenvalue weighted by Gasteiger charge is -2.23. The first-order valence-electron chi connectivity index (χ1n) is 7.43. The minimum atomic E-state index is -1.53. The van der Waals surface area contributed by atoms with Crippen molar-refractivity contribution in [1.82, 2.24) is 4.90 Å². The standard InChI is InChI=1S/C17H19FN2O4/c1-8-5-6-11(7-12(8)18)19-16(22)13-9(2)14(15(21)17(23)24)20(4)10(13)3/h5-7,9,14H,1-4H3,(H,19,22)(H,23,24). The van der Waals surface area contributed by atoms with Crippen molar-refractivity contribution < 1.29 is 23.9 Å². The number of carbonyl (C=O) groups excluding carboxylic acids is 2. The second-order valence-corrected chi connectivity index (χ2v) is 5.93. The molecule has 1 amide bonds. The third-order valence-electron chi connectivity index (χ3n) is 4.42. The molecule has 2 unspecified atom stereocenters. The molecule has 0 aromatic heterocycles. The van der Waals surface area contributed by atoms with Crippen LogP contribution in [0.2, 0.25) is 0 Å². The van der Waals surface area contributed by atoms with Gasteiger partial charge < -0.3 is 15.3 Å². The zero-order valence-electron chi connectivity index (χ0n) is 13.9. The molecule has 7 heteroatoms. The van der Waals surface area contributed by atoms with Gasteiger partial charge in [-0.2, -0.15) is 0 Å². The molecular weight excluding hydrogens is 315 g/mol. The van der Waals surface area contributed by atoms with Gasteiger partial charge in [0.1, 0.15) is 11.9 Å². The largest absolute Gasteiger partial charge is 0.475 e. The summed E-state index contributed by atoms with van der Waals surface area (Å²) in [6, 6.07) is 3.41. The van der Waals surface area contributed by atoms with Crippen molar-refractivity contribution in [3.63, 3.8) is 0 Å². The molecule has 2 N–H and O–H groups in total. The molecule has 0 saturated heterocycles. The number of nitrogens with zero attached hydrogens (tertiary/aromatic N) is 1. The number of Topliss-reactive ketones (excluding diaryl/α,β-unsaturated/α-hetero) is 1. The van der Waals surface area contributed by atoms with Crippen LogP contribution >= 0.6 is 0 Å². The summed E-state index contributed by atoms with van der Waals surface area (Å²) >= 11 is 0. The van der Waals surface area contributed by atoms with Crippen LogP contribution in [-0.2, 0) is 14.4 Å². The summed E-state index contributed by atoms with van der Waals surface area (Å²) in [4.78, 5) is 36.9. The van der Waals surface area contributed by atoms with Crippen molar-refractivity contribution in [2.24, 2.45) is 5.92 Å². The first-order valence-corrected chi connectivity index (χ1v) is 7.43. The van der Waals surface area contributed by atoms with E-state index in [1.54, 1.807) is 40.0 Å². The number of amides is 1. The molecule has 0 spiro atoms. The maximum absolute atomic E-state index is 13.6. The molecule has 0 bridgehead atoms. The van der Waals surface area contributed by atoms with Crippen LogP contribution in [0.5, 0.6) is 0 Å². The van der Waals surface area contributed by atoms with Crippen molar-refractivity contribution in [3.05, 3.63) is 40.8 Å². The predicted octanol–water partition coefficient (Wildman–Crippen LogP) is 1.95. The van der Waals surface area contributed by atoms with E-state index < -0.39 is 35.4 Å². The number of nitrogens with one attached hydrogen (secondary N) is 1. The number of rotatable bonds is 4. The molecule has 1 aromatic rings. The molecule has 0 radical (unpaired) electrons. The molecule has 1 heterocycles. The molecule has 1 aliphatic rings. The number of carboxylic acid groups (broad SMARTS) is 1.